The number of cyclic esters (lactones) is 1. The summed E-state index contributed by atoms with van der Waals surface area (Å²) in [7, 11) is 0. The minimum absolute atomic E-state index is 0.115. The van der Waals surface area contributed by atoms with Crippen molar-refractivity contribution in [2.45, 2.75) is 12.8 Å². The third-order valence-electron chi connectivity index (χ3n) is 3.87. The van der Waals surface area contributed by atoms with Crippen molar-refractivity contribution >= 4 is 11.8 Å². The van der Waals surface area contributed by atoms with Crippen LogP contribution in [0.1, 0.15) is 22.7 Å². The van der Waals surface area contributed by atoms with Gasteiger partial charge in [0.15, 0.2) is 5.82 Å². The van der Waals surface area contributed by atoms with Crippen LogP contribution in [0.25, 0.3) is 0 Å². The Balaban J connectivity index is 1.96. The van der Waals surface area contributed by atoms with Gasteiger partial charge >= 0.3 is 5.97 Å². The molecule has 0 unspecified atom stereocenters. The number of rotatable bonds is 1. The third kappa shape index (κ3) is 1.43. The second-order valence-electron chi connectivity index (χ2n) is 5.05. The summed E-state index contributed by atoms with van der Waals surface area (Å²) in [6.45, 7) is 2.26. The van der Waals surface area contributed by atoms with Crippen LogP contribution >= 0.6 is 0 Å². The van der Waals surface area contributed by atoms with E-state index in [1.807, 2.05) is 37.3 Å². The molecule has 0 saturated heterocycles. The van der Waals surface area contributed by atoms with Crippen molar-refractivity contribution in [3.8, 4) is 0 Å². The number of hydrogen-bond acceptors (Lipinski definition) is 4. The Morgan fingerprint density at radius 1 is 1.30 bits per heavy atom. The number of nitrogens with zero attached hydrogens (tertiary/aromatic N) is 1. The summed E-state index contributed by atoms with van der Waals surface area (Å²) in [4.78, 5) is 12.1. The Morgan fingerprint density at radius 3 is 2.90 bits per heavy atom. The fraction of sp³-hybridized carbons (Fsp3) is 0.200. The quantitative estimate of drug-likeness (QED) is 0.776. The van der Waals surface area contributed by atoms with Gasteiger partial charge in [0.1, 0.15) is 6.61 Å². The number of nitrogens with one attached hydrogen (secondary N) is 2. The van der Waals surface area contributed by atoms with Crippen molar-refractivity contribution in [2.75, 3.05) is 11.9 Å². The van der Waals surface area contributed by atoms with Crippen LogP contribution < -0.4 is 5.32 Å². The maximum atomic E-state index is 12.1. The summed E-state index contributed by atoms with van der Waals surface area (Å²) in [5.74, 6) is 0.428. The average molecular weight is 267 g/mol. The van der Waals surface area contributed by atoms with Crippen LogP contribution in [0.5, 0.6) is 0 Å². The van der Waals surface area contributed by atoms with Gasteiger partial charge in [-0.15, -0.1) is 0 Å². The summed E-state index contributed by atoms with van der Waals surface area (Å²) in [6.07, 6.45) is 0. The zero-order valence-electron chi connectivity index (χ0n) is 10.9. The first-order valence-electron chi connectivity index (χ1n) is 6.52. The smallest absolute Gasteiger partial charge is 0.337 e. The highest BCUT2D eigenvalue weighted by Gasteiger charge is 2.40. The SMILES string of the molecule is Cc1[nH]nc2c1[C@@H](c1ccccc1)C1=C(COC1=O)N2. The van der Waals surface area contributed by atoms with Crippen LogP contribution in [0.15, 0.2) is 41.6 Å². The van der Waals surface area contributed by atoms with E-state index >= 15 is 0 Å². The highest BCUT2D eigenvalue weighted by Crippen LogP contribution is 2.44. The molecule has 0 amide bonds. The molecule has 1 atom stereocenters. The van der Waals surface area contributed by atoms with Gasteiger partial charge < -0.3 is 10.1 Å². The van der Waals surface area contributed by atoms with Crippen LogP contribution in [0.2, 0.25) is 0 Å². The molecule has 3 heterocycles. The van der Waals surface area contributed by atoms with Crippen molar-refractivity contribution < 1.29 is 9.53 Å². The maximum absolute atomic E-state index is 12.1. The largest absolute Gasteiger partial charge is 0.456 e. The Hall–Kier alpha value is -2.56. The number of fused-ring (bicyclic) bond motifs is 1. The Kier molecular flexibility index (Phi) is 2.24. The van der Waals surface area contributed by atoms with E-state index in [4.69, 9.17) is 4.74 Å². The molecule has 100 valence electrons. The standard InChI is InChI=1S/C15H13N3O2/c1-8-11-12(9-5-3-2-4-6-9)13-10(7-20-15(13)19)16-14(11)18-17-8/h2-6,12H,7H2,1H3,(H2,16,17,18)/t12-/m1/s1. The van der Waals surface area contributed by atoms with Crippen molar-refractivity contribution in [2.24, 2.45) is 0 Å². The highest BCUT2D eigenvalue weighted by atomic mass is 16.5. The van der Waals surface area contributed by atoms with Gasteiger partial charge in [0, 0.05) is 17.2 Å². The van der Waals surface area contributed by atoms with Gasteiger partial charge in [0.05, 0.1) is 11.3 Å². The number of carbonyl (C=O) groups excluding carboxylic acids is 1. The van der Waals surface area contributed by atoms with E-state index in [2.05, 4.69) is 15.5 Å². The van der Waals surface area contributed by atoms with Crippen LogP contribution in [-0.2, 0) is 9.53 Å². The van der Waals surface area contributed by atoms with Crippen molar-refractivity contribution in [1.29, 1.82) is 0 Å². The summed E-state index contributed by atoms with van der Waals surface area (Å²) >= 11 is 0. The number of aromatic nitrogens is 2. The summed E-state index contributed by atoms with van der Waals surface area (Å²) < 4.78 is 5.18. The lowest BCUT2D eigenvalue weighted by Gasteiger charge is -2.24. The molecule has 2 aromatic rings. The zero-order valence-corrected chi connectivity index (χ0v) is 10.9. The second kappa shape index (κ2) is 3.96. The molecule has 2 N–H and O–H groups in total. The number of aryl methyl sites for hydroxylation is 1. The molecule has 0 fully saturated rings. The number of ether oxygens (including phenoxy) is 1. The van der Waals surface area contributed by atoms with Crippen LogP contribution in [-0.4, -0.2) is 22.8 Å². The molecule has 2 aliphatic heterocycles. The molecule has 0 aliphatic carbocycles. The molecule has 5 nitrogen and oxygen atoms in total. The van der Waals surface area contributed by atoms with E-state index in [1.165, 1.54) is 0 Å². The van der Waals surface area contributed by atoms with Gasteiger partial charge in [-0.3, -0.25) is 5.10 Å². The van der Waals surface area contributed by atoms with Gasteiger partial charge in [-0.2, -0.15) is 5.10 Å². The van der Waals surface area contributed by atoms with Gasteiger partial charge in [0.2, 0.25) is 0 Å². The Morgan fingerprint density at radius 2 is 2.10 bits per heavy atom. The molecule has 0 spiro atoms. The van der Waals surface area contributed by atoms with E-state index in [9.17, 15) is 4.79 Å². The van der Waals surface area contributed by atoms with E-state index < -0.39 is 0 Å². The van der Waals surface area contributed by atoms with Crippen LogP contribution in [0.3, 0.4) is 0 Å². The predicted octanol–water partition coefficient (Wildman–Crippen LogP) is 2.09. The van der Waals surface area contributed by atoms with Crippen LogP contribution in [0.4, 0.5) is 5.82 Å². The molecule has 5 heteroatoms. The topological polar surface area (TPSA) is 67.0 Å². The molecular formula is C15H13N3O2. The van der Waals surface area contributed by atoms with Gasteiger partial charge in [-0.05, 0) is 12.5 Å². The van der Waals surface area contributed by atoms with Crippen molar-refractivity contribution in [3.63, 3.8) is 0 Å². The number of carbonyl (C=O) groups is 1. The zero-order chi connectivity index (χ0) is 13.7. The molecule has 0 bridgehead atoms. The average Bonchev–Trinajstić information content (AvgIpc) is 3.03. The minimum atomic E-state index is -0.243. The lowest BCUT2D eigenvalue weighted by atomic mass is 9.82. The molecule has 1 aromatic heterocycles. The number of hydrogen-bond donors (Lipinski definition) is 2. The lowest BCUT2D eigenvalue weighted by molar-refractivity contribution is -0.136. The number of benzene rings is 1. The van der Waals surface area contributed by atoms with Crippen molar-refractivity contribution in [1.82, 2.24) is 10.2 Å². The molecule has 20 heavy (non-hydrogen) atoms. The molecule has 4 rings (SSSR count). The Labute approximate surface area is 115 Å². The third-order valence-corrected chi connectivity index (χ3v) is 3.87. The molecule has 0 saturated carbocycles. The van der Waals surface area contributed by atoms with E-state index in [-0.39, 0.29) is 11.9 Å². The summed E-state index contributed by atoms with van der Waals surface area (Å²) in [5.41, 5.74) is 4.59. The van der Waals surface area contributed by atoms with Gasteiger partial charge in [-0.25, -0.2) is 4.79 Å². The number of aromatic amines is 1. The van der Waals surface area contributed by atoms with E-state index in [0.29, 0.717) is 12.2 Å². The summed E-state index contributed by atoms with van der Waals surface area (Å²) in [5, 5.41) is 10.5. The Bertz CT molecular complexity index is 731. The van der Waals surface area contributed by atoms with E-state index in [0.717, 1.165) is 28.3 Å². The van der Waals surface area contributed by atoms with Gasteiger partial charge in [0.25, 0.3) is 0 Å². The van der Waals surface area contributed by atoms with E-state index in [1.54, 1.807) is 0 Å². The number of H-pyrrole nitrogens is 1. The molecule has 0 radical (unpaired) electrons. The lowest BCUT2D eigenvalue weighted by Crippen LogP contribution is -2.19. The first-order valence-corrected chi connectivity index (χ1v) is 6.52. The number of anilines is 1. The predicted molar refractivity (Wildman–Crippen MR) is 73.2 cm³/mol. The first-order chi connectivity index (χ1) is 9.75. The second-order valence-corrected chi connectivity index (χ2v) is 5.05. The van der Waals surface area contributed by atoms with Crippen LogP contribution in [0, 0.1) is 6.92 Å². The number of esters is 1. The molecule has 1 aromatic carbocycles. The minimum Gasteiger partial charge on any atom is -0.456 e. The first kappa shape index (κ1) is 11.3. The maximum Gasteiger partial charge on any atom is 0.337 e. The molecule has 2 aliphatic rings. The molecular weight excluding hydrogens is 254 g/mol. The fourth-order valence-electron chi connectivity index (χ4n) is 2.96. The normalized spacial score (nSPS) is 20.2. The fourth-order valence-corrected chi connectivity index (χ4v) is 2.96. The monoisotopic (exact) mass is 267 g/mol. The van der Waals surface area contributed by atoms with Crippen molar-refractivity contribution in [3.05, 3.63) is 58.4 Å². The summed E-state index contributed by atoms with van der Waals surface area (Å²) in [6, 6.07) is 9.99. The highest BCUT2D eigenvalue weighted by molar-refractivity contribution is 5.97. The van der Waals surface area contributed by atoms with Gasteiger partial charge in [-0.1, -0.05) is 30.3 Å².